The Kier molecular flexibility index (Phi) is 3.23. The number of nitrogens with two attached hydrogens (primary N) is 1. The van der Waals surface area contributed by atoms with E-state index in [0.29, 0.717) is 18.5 Å². The highest BCUT2D eigenvalue weighted by molar-refractivity contribution is 5.35. The van der Waals surface area contributed by atoms with E-state index in [1.165, 1.54) is 0 Å². The van der Waals surface area contributed by atoms with Gasteiger partial charge in [0.25, 0.3) is 5.95 Å². The zero-order chi connectivity index (χ0) is 13.1. The number of hydrogen-bond donors (Lipinski definition) is 2. The van der Waals surface area contributed by atoms with Crippen molar-refractivity contribution < 1.29 is 4.74 Å². The van der Waals surface area contributed by atoms with E-state index in [-0.39, 0.29) is 12.0 Å². The average Bonchev–Trinajstić information content (AvgIpc) is 2.93. The van der Waals surface area contributed by atoms with Crippen molar-refractivity contribution in [1.29, 1.82) is 0 Å². The molecule has 1 fully saturated rings. The molecular formula is C11H15N7O. The zero-order valence-electron chi connectivity index (χ0n) is 10.4. The smallest absolute Gasteiger partial charge is 0.257 e. The van der Waals surface area contributed by atoms with Gasteiger partial charge in [-0.2, -0.15) is 20.1 Å². The largest absolute Gasteiger partial charge is 0.379 e. The molecule has 0 saturated carbocycles. The molecule has 1 aliphatic rings. The molecule has 8 heteroatoms. The predicted octanol–water partition coefficient (Wildman–Crippen LogP) is 0.230. The number of aromatic nitrogens is 5. The summed E-state index contributed by atoms with van der Waals surface area (Å²) in [5, 5.41) is 7.29. The van der Waals surface area contributed by atoms with E-state index >= 15 is 0 Å². The Hall–Kier alpha value is -2.22. The SMILES string of the molecule is Nc1nc(NC2CCCOC2)nc(-n2cccn2)n1. The number of anilines is 2. The molecule has 0 amide bonds. The van der Waals surface area contributed by atoms with Crippen molar-refractivity contribution in [1.82, 2.24) is 24.7 Å². The van der Waals surface area contributed by atoms with Gasteiger partial charge in [0.2, 0.25) is 11.9 Å². The number of hydrogen-bond acceptors (Lipinski definition) is 7. The first-order valence-corrected chi connectivity index (χ1v) is 6.17. The molecule has 3 N–H and O–H groups in total. The lowest BCUT2D eigenvalue weighted by Crippen LogP contribution is -2.31. The summed E-state index contributed by atoms with van der Waals surface area (Å²) < 4.78 is 6.95. The van der Waals surface area contributed by atoms with Gasteiger partial charge in [-0.25, -0.2) is 4.68 Å². The molecule has 1 aliphatic heterocycles. The lowest BCUT2D eigenvalue weighted by atomic mass is 10.1. The molecule has 1 saturated heterocycles. The highest BCUT2D eigenvalue weighted by Gasteiger charge is 2.15. The van der Waals surface area contributed by atoms with Gasteiger partial charge in [0.1, 0.15) is 0 Å². The van der Waals surface area contributed by atoms with Crippen LogP contribution in [-0.2, 0) is 4.74 Å². The van der Waals surface area contributed by atoms with Gasteiger partial charge in [-0.3, -0.25) is 0 Å². The van der Waals surface area contributed by atoms with Crippen molar-refractivity contribution in [3.8, 4) is 5.95 Å². The normalized spacial score (nSPS) is 19.3. The second-order valence-electron chi connectivity index (χ2n) is 4.33. The summed E-state index contributed by atoms with van der Waals surface area (Å²) in [5.74, 6) is 1.02. The molecule has 0 aromatic carbocycles. The van der Waals surface area contributed by atoms with Gasteiger partial charge < -0.3 is 15.8 Å². The standard InChI is InChI=1S/C11H15N7O/c12-9-15-10(14-8-3-1-6-19-7-8)17-11(16-9)18-5-2-4-13-18/h2,4-5,8H,1,3,6-7H2,(H3,12,14,15,16,17). The van der Waals surface area contributed by atoms with Crippen molar-refractivity contribution >= 4 is 11.9 Å². The third-order valence-electron chi connectivity index (χ3n) is 2.84. The van der Waals surface area contributed by atoms with Gasteiger partial charge in [-0.1, -0.05) is 0 Å². The molecule has 2 aromatic heterocycles. The summed E-state index contributed by atoms with van der Waals surface area (Å²) in [6.45, 7) is 1.47. The van der Waals surface area contributed by atoms with E-state index in [0.717, 1.165) is 19.4 Å². The number of nitrogens with one attached hydrogen (secondary N) is 1. The van der Waals surface area contributed by atoms with Crippen LogP contribution in [0.15, 0.2) is 18.5 Å². The molecule has 19 heavy (non-hydrogen) atoms. The number of ether oxygens (including phenoxy) is 1. The summed E-state index contributed by atoms with van der Waals surface area (Å²) in [7, 11) is 0. The first-order chi connectivity index (χ1) is 9.31. The average molecular weight is 261 g/mol. The third kappa shape index (κ3) is 2.79. The molecule has 8 nitrogen and oxygen atoms in total. The minimum Gasteiger partial charge on any atom is -0.379 e. The molecule has 3 heterocycles. The molecular weight excluding hydrogens is 246 g/mol. The van der Waals surface area contributed by atoms with E-state index in [9.17, 15) is 0 Å². The van der Waals surface area contributed by atoms with Crippen LogP contribution < -0.4 is 11.1 Å². The topological polar surface area (TPSA) is 104 Å². The van der Waals surface area contributed by atoms with Gasteiger partial charge in [0.05, 0.1) is 12.6 Å². The van der Waals surface area contributed by atoms with Crippen LogP contribution in [0.3, 0.4) is 0 Å². The highest BCUT2D eigenvalue weighted by Crippen LogP contribution is 2.12. The van der Waals surface area contributed by atoms with Crippen molar-refractivity contribution in [2.75, 3.05) is 24.3 Å². The summed E-state index contributed by atoms with van der Waals surface area (Å²) in [6, 6.07) is 2.00. The van der Waals surface area contributed by atoms with E-state index in [4.69, 9.17) is 10.5 Å². The van der Waals surface area contributed by atoms with Crippen molar-refractivity contribution in [3.63, 3.8) is 0 Å². The van der Waals surface area contributed by atoms with E-state index in [1.54, 1.807) is 23.1 Å². The van der Waals surface area contributed by atoms with Crippen molar-refractivity contribution in [3.05, 3.63) is 18.5 Å². The van der Waals surface area contributed by atoms with Gasteiger partial charge in [0, 0.05) is 19.0 Å². The highest BCUT2D eigenvalue weighted by atomic mass is 16.5. The van der Waals surface area contributed by atoms with Gasteiger partial charge in [-0.05, 0) is 18.9 Å². The first-order valence-electron chi connectivity index (χ1n) is 6.17. The molecule has 3 rings (SSSR count). The van der Waals surface area contributed by atoms with Gasteiger partial charge in [-0.15, -0.1) is 0 Å². The van der Waals surface area contributed by atoms with Crippen LogP contribution in [0.25, 0.3) is 5.95 Å². The molecule has 1 unspecified atom stereocenters. The summed E-state index contributed by atoms with van der Waals surface area (Å²) >= 11 is 0. The Labute approximate surface area is 110 Å². The minimum atomic E-state index is 0.166. The first kappa shape index (κ1) is 11.8. The van der Waals surface area contributed by atoms with Crippen molar-refractivity contribution in [2.45, 2.75) is 18.9 Å². The fourth-order valence-electron chi connectivity index (χ4n) is 1.97. The molecule has 0 aliphatic carbocycles. The molecule has 1 atom stereocenters. The Morgan fingerprint density at radius 3 is 3.05 bits per heavy atom. The minimum absolute atomic E-state index is 0.166. The summed E-state index contributed by atoms with van der Waals surface area (Å²) in [5.41, 5.74) is 5.70. The van der Waals surface area contributed by atoms with Gasteiger partial charge in [0.15, 0.2) is 0 Å². The second-order valence-corrected chi connectivity index (χ2v) is 4.33. The maximum Gasteiger partial charge on any atom is 0.257 e. The Balaban J connectivity index is 1.81. The predicted molar refractivity (Wildman–Crippen MR) is 68.8 cm³/mol. The Morgan fingerprint density at radius 2 is 2.32 bits per heavy atom. The lowest BCUT2D eigenvalue weighted by molar-refractivity contribution is 0.0874. The molecule has 0 radical (unpaired) electrons. The quantitative estimate of drug-likeness (QED) is 0.815. The third-order valence-corrected chi connectivity index (χ3v) is 2.84. The van der Waals surface area contributed by atoms with Crippen LogP contribution in [0.2, 0.25) is 0 Å². The number of rotatable bonds is 3. The molecule has 0 bridgehead atoms. The van der Waals surface area contributed by atoms with E-state index < -0.39 is 0 Å². The molecule has 0 spiro atoms. The monoisotopic (exact) mass is 261 g/mol. The van der Waals surface area contributed by atoms with E-state index in [1.807, 2.05) is 0 Å². The summed E-state index contributed by atoms with van der Waals surface area (Å²) in [6.07, 6.45) is 5.47. The fraction of sp³-hybridized carbons (Fsp3) is 0.455. The van der Waals surface area contributed by atoms with Crippen LogP contribution in [0, 0.1) is 0 Å². The Bertz CT molecular complexity index is 536. The van der Waals surface area contributed by atoms with Crippen LogP contribution in [0.5, 0.6) is 0 Å². The summed E-state index contributed by atoms with van der Waals surface area (Å²) in [4.78, 5) is 12.4. The molecule has 2 aromatic rings. The van der Waals surface area contributed by atoms with Crippen LogP contribution in [-0.4, -0.2) is 44.0 Å². The fourth-order valence-corrected chi connectivity index (χ4v) is 1.97. The van der Waals surface area contributed by atoms with E-state index in [2.05, 4.69) is 25.4 Å². The number of nitrogens with zero attached hydrogens (tertiary/aromatic N) is 5. The van der Waals surface area contributed by atoms with Crippen LogP contribution >= 0.6 is 0 Å². The lowest BCUT2D eigenvalue weighted by Gasteiger charge is -2.23. The number of nitrogen functional groups attached to an aromatic ring is 1. The van der Waals surface area contributed by atoms with Crippen LogP contribution in [0.4, 0.5) is 11.9 Å². The second kappa shape index (κ2) is 5.19. The van der Waals surface area contributed by atoms with Gasteiger partial charge >= 0.3 is 0 Å². The maximum atomic E-state index is 5.70. The van der Waals surface area contributed by atoms with Crippen molar-refractivity contribution in [2.24, 2.45) is 0 Å². The Morgan fingerprint density at radius 1 is 1.37 bits per heavy atom. The maximum absolute atomic E-state index is 5.70. The molecule has 100 valence electrons. The van der Waals surface area contributed by atoms with Crippen LogP contribution in [0.1, 0.15) is 12.8 Å². The zero-order valence-corrected chi connectivity index (χ0v) is 10.4.